The minimum absolute atomic E-state index is 0.0482. The van der Waals surface area contributed by atoms with Crippen LogP contribution in [0.4, 0.5) is 11.4 Å². The highest BCUT2D eigenvalue weighted by Gasteiger charge is 2.17. The maximum Gasteiger partial charge on any atom is 0.273 e. The molecule has 2 aromatic rings. The molecular formula is C20H21N3O5. The Kier molecular flexibility index (Phi) is 6.00. The van der Waals surface area contributed by atoms with Crippen LogP contribution in [0.25, 0.3) is 0 Å². The van der Waals surface area contributed by atoms with Crippen LogP contribution in [-0.2, 0) is 16.0 Å². The summed E-state index contributed by atoms with van der Waals surface area (Å²) < 4.78 is 5.24. The molecule has 0 saturated carbocycles. The van der Waals surface area contributed by atoms with Gasteiger partial charge in [-0.1, -0.05) is 18.2 Å². The summed E-state index contributed by atoms with van der Waals surface area (Å²) in [6.45, 7) is 3.96. The van der Waals surface area contributed by atoms with Crippen molar-refractivity contribution in [3.8, 4) is 0 Å². The van der Waals surface area contributed by atoms with Crippen molar-refractivity contribution in [3.05, 3.63) is 69.3 Å². The molecule has 1 aliphatic heterocycles. The largest absolute Gasteiger partial charge is 0.378 e. The Labute approximate surface area is 162 Å². The molecule has 2 aromatic carbocycles. The molecule has 2 amide bonds. The number of aryl methyl sites for hydroxylation is 1. The van der Waals surface area contributed by atoms with Gasteiger partial charge < -0.3 is 15.0 Å². The van der Waals surface area contributed by atoms with E-state index in [1.807, 2.05) is 0 Å². The van der Waals surface area contributed by atoms with Gasteiger partial charge in [-0.05, 0) is 30.7 Å². The number of carbonyl (C=O) groups is 2. The predicted octanol–water partition coefficient (Wildman–Crippen LogP) is 2.56. The lowest BCUT2D eigenvalue weighted by Gasteiger charge is -2.26. The van der Waals surface area contributed by atoms with Crippen molar-refractivity contribution in [1.29, 1.82) is 0 Å². The third-order valence-corrected chi connectivity index (χ3v) is 4.60. The third-order valence-electron chi connectivity index (χ3n) is 4.60. The molecule has 0 spiro atoms. The molecule has 0 aliphatic carbocycles. The number of rotatable bonds is 5. The summed E-state index contributed by atoms with van der Waals surface area (Å²) in [6.07, 6.45) is 0.290. The minimum Gasteiger partial charge on any atom is -0.378 e. The van der Waals surface area contributed by atoms with Gasteiger partial charge in [-0.25, -0.2) is 0 Å². The lowest BCUT2D eigenvalue weighted by molar-refractivity contribution is -0.385. The van der Waals surface area contributed by atoms with Crippen LogP contribution in [0.15, 0.2) is 42.5 Å². The van der Waals surface area contributed by atoms with Gasteiger partial charge in [0.2, 0.25) is 5.91 Å². The van der Waals surface area contributed by atoms with Crippen molar-refractivity contribution in [3.63, 3.8) is 0 Å². The Hall–Kier alpha value is -3.26. The van der Waals surface area contributed by atoms with Gasteiger partial charge in [0.15, 0.2) is 0 Å². The minimum atomic E-state index is -0.508. The molecular weight excluding hydrogens is 362 g/mol. The first-order valence-electron chi connectivity index (χ1n) is 8.95. The molecule has 0 atom stereocenters. The van der Waals surface area contributed by atoms with Crippen LogP contribution in [-0.4, -0.2) is 47.9 Å². The standard InChI is InChI=1S/C20H21N3O5/c1-14-2-5-16(13-18(14)23(26)27)20(25)21-17-6-3-15(4-7-17)12-19(24)22-8-10-28-11-9-22/h2-7,13H,8-12H2,1H3,(H,21,25). The predicted molar refractivity (Wildman–Crippen MR) is 103 cm³/mol. The van der Waals surface area contributed by atoms with E-state index in [9.17, 15) is 19.7 Å². The highest BCUT2D eigenvalue weighted by Crippen LogP contribution is 2.20. The highest BCUT2D eigenvalue weighted by atomic mass is 16.6. The first kappa shape index (κ1) is 19.5. The van der Waals surface area contributed by atoms with E-state index in [0.29, 0.717) is 44.0 Å². The molecule has 0 radical (unpaired) electrons. The molecule has 0 aromatic heterocycles. The number of nitro groups is 1. The van der Waals surface area contributed by atoms with E-state index in [1.165, 1.54) is 6.07 Å². The summed E-state index contributed by atoms with van der Waals surface area (Å²) >= 11 is 0. The van der Waals surface area contributed by atoms with Crippen LogP contribution in [0.2, 0.25) is 0 Å². The number of hydrogen-bond acceptors (Lipinski definition) is 5. The first-order chi connectivity index (χ1) is 13.4. The lowest BCUT2D eigenvalue weighted by atomic mass is 10.1. The van der Waals surface area contributed by atoms with Crippen molar-refractivity contribution < 1.29 is 19.2 Å². The van der Waals surface area contributed by atoms with Gasteiger partial charge in [0.25, 0.3) is 11.6 Å². The molecule has 8 heteroatoms. The molecule has 1 aliphatic rings. The number of anilines is 1. The van der Waals surface area contributed by atoms with E-state index >= 15 is 0 Å². The molecule has 1 N–H and O–H groups in total. The number of amides is 2. The average Bonchev–Trinajstić information content (AvgIpc) is 2.70. The molecule has 28 heavy (non-hydrogen) atoms. The third kappa shape index (κ3) is 4.72. The molecule has 3 rings (SSSR count). The van der Waals surface area contributed by atoms with Crippen LogP contribution >= 0.6 is 0 Å². The summed E-state index contributed by atoms with van der Waals surface area (Å²) in [5, 5.41) is 13.7. The molecule has 0 unspecified atom stereocenters. The van der Waals surface area contributed by atoms with E-state index in [1.54, 1.807) is 48.2 Å². The smallest absolute Gasteiger partial charge is 0.273 e. The van der Waals surface area contributed by atoms with Gasteiger partial charge in [-0.3, -0.25) is 19.7 Å². The van der Waals surface area contributed by atoms with Crippen molar-refractivity contribution >= 4 is 23.2 Å². The first-order valence-corrected chi connectivity index (χ1v) is 8.95. The van der Waals surface area contributed by atoms with Crippen LogP contribution in [0.1, 0.15) is 21.5 Å². The summed E-state index contributed by atoms with van der Waals surface area (Å²) in [4.78, 5) is 36.9. The van der Waals surface area contributed by atoms with Crippen LogP contribution in [0.5, 0.6) is 0 Å². The Morgan fingerprint density at radius 1 is 1.14 bits per heavy atom. The molecule has 8 nitrogen and oxygen atoms in total. The van der Waals surface area contributed by atoms with E-state index < -0.39 is 10.8 Å². The topological polar surface area (TPSA) is 102 Å². The van der Waals surface area contributed by atoms with Crippen molar-refractivity contribution in [1.82, 2.24) is 4.90 Å². The van der Waals surface area contributed by atoms with E-state index in [4.69, 9.17) is 4.74 Å². The van der Waals surface area contributed by atoms with Gasteiger partial charge in [-0.2, -0.15) is 0 Å². The van der Waals surface area contributed by atoms with Gasteiger partial charge in [0.1, 0.15) is 0 Å². The highest BCUT2D eigenvalue weighted by molar-refractivity contribution is 6.04. The Morgan fingerprint density at radius 2 is 1.82 bits per heavy atom. The molecule has 1 heterocycles. The second kappa shape index (κ2) is 8.62. The number of morpholine rings is 1. The Bertz CT molecular complexity index is 889. The Morgan fingerprint density at radius 3 is 2.46 bits per heavy atom. The zero-order valence-electron chi connectivity index (χ0n) is 15.5. The molecule has 1 fully saturated rings. The molecule has 1 saturated heterocycles. The van der Waals surface area contributed by atoms with Crippen LogP contribution in [0.3, 0.4) is 0 Å². The summed E-state index contributed by atoms with van der Waals surface area (Å²) in [6, 6.07) is 11.3. The maximum atomic E-state index is 12.4. The molecule has 146 valence electrons. The van der Waals surface area contributed by atoms with Gasteiger partial charge in [-0.15, -0.1) is 0 Å². The zero-order chi connectivity index (χ0) is 20.1. The fraction of sp³-hybridized carbons (Fsp3) is 0.300. The van der Waals surface area contributed by atoms with Gasteiger partial charge in [0.05, 0.1) is 24.6 Å². The van der Waals surface area contributed by atoms with E-state index in [-0.39, 0.29) is 17.2 Å². The quantitative estimate of drug-likeness (QED) is 0.631. The number of nitrogens with one attached hydrogen (secondary N) is 1. The molecule has 0 bridgehead atoms. The Balaban J connectivity index is 1.62. The summed E-state index contributed by atoms with van der Waals surface area (Å²) in [5.74, 6) is -0.382. The lowest BCUT2D eigenvalue weighted by Crippen LogP contribution is -2.41. The fourth-order valence-corrected chi connectivity index (χ4v) is 2.96. The second-order valence-corrected chi connectivity index (χ2v) is 6.58. The van der Waals surface area contributed by atoms with Crippen LogP contribution < -0.4 is 5.32 Å². The fourth-order valence-electron chi connectivity index (χ4n) is 2.96. The van der Waals surface area contributed by atoms with Gasteiger partial charge >= 0.3 is 0 Å². The van der Waals surface area contributed by atoms with Gasteiger partial charge in [0, 0.05) is 36.0 Å². The van der Waals surface area contributed by atoms with E-state index in [2.05, 4.69) is 5.32 Å². The summed E-state index contributed by atoms with van der Waals surface area (Å²) in [7, 11) is 0. The zero-order valence-corrected chi connectivity index (χ0v) is 15.5. The number of benzene rings is 2. The normalized spacial score (nSPS) is 13.8. The maximum absolute atomic E-state index is 12.4. The van der Waals surface area contributed by atoms with E-state index in [0.717, 1.165) is 5.56 Å². The average molecular weight is 383 g/mol. The van der Waals surface area contributed by atoms with Crippen molar-refractivity contribution in [2.75, 3.05) is 31.6 Å². The number of nitrogens with zero attached hydrogens (tertiary/aromatic N) is 2. The summed E-state index contributed by atoms with van der Waals surface area (Å²) in [5.41, 5.74) is 2.01. The number of carbonyl (C=O) groups excluding carboxylic acids is 2. The number of hydrogen-bond donors (Lipinski definition) is 1. The van der Waals surface area contributed by atoms with Crippen molar-refractivity contribution in [2.45, 2.75) is 13.3 Å². The number of ether oxygens (including phenoxy) is 1. The number of nitro benzene ring substituents is 1. The SMILES string of the molecule is Cc1ccc(C(=O)Nc2ccc(CC(=O)N3CCOCC3)cc2)cc1[N+](=O)[O-]. The van der Waals surface area contributed by atoms with Crippen LogP contribution in [0, 0.1) is 17.0 Å². The van der Waals surface area contributed by atoms with Crippen molar-refractivity contribution in [2.24, 2.45) is 0 Å². The second-order valence-electron chi connectivity index (χ2n) is 6.58. The monoisotopic (exact) mass is 383 g/mol.